The molecule has 0 aliphatic carbocycles. The highest BCUT2D eigenvalue weighted by Crippen LogP contribution is 2.08. The van der Waals surface area contributed by atoms with Gasteiger partial charge in [-0.2, -0.15) is 0 Å². The minimum atomic E-state index is -0.787. The molecule has 0 aliphatic rings. The maximum Gasteiger partial charge on any atom is 0.404 e. The fraction of sp³-hybridized carbons (Fsp3) is 0.357. The van der Waals surface area contributed by atoms with Crippen molar-refractivity contribution in [3.8, 4) is 0 Å². The highest BCUT2D eigenvalue weighted by Gasteiger charge is 2.13. The average Bonchev–Trinajstić information content (AvgIpc) is 2.28. The number of ether oxygens (including phenoxy) is 2. The molecule has 1 rings (SSSR count). The van der Waals surface area contributed by atoms with Crippen LogP contribution in [-0.4, -0.2) is 18.8 Å². The summed E-state index contributed by atoms with van der Waals surface area (Å²) in [4.78, 5) is 10.7. The van der Waals surface area contributed by atoms with Gasteiger partial charge in [-0.05, 0) is 12.5 Å². The van der Waals surface area contributed by atoms with Gasteiger partial charge in [-0.1, -0.05) is 35.9 Å². The van der Waals surface area contributed by atoms with Crippen LogP contribution in [0.5, 0.6) is 0 Å². The highest BCUT2D eigenvalue weighted by molar-refractivity contribution is 5.64. The Morgan fingerprint density at radius 3 is 2.61 bits per heavy atom. The fourth-order valence-corrected chi connectivity index (χ4v) is 1.57. The van der Waals surface area contributed by atoms with Crippen molar-refractivity contribution in [1.29, 1.82) is 0 Å². The molecule has 1 amide bonds. The van der Waals surface area contributed by atoms with Crippen molar-refractivity contribution in [2.45, 2.75) is 26.1 Å². The first-order valence-corrected chi connectivity index (χ1v) is 5.80. The molecule has 1 atom stereocenters. The van der Waals surface area contributed by atoms with Crippen LogP contribution in [0.25, 0.3) is 0 Å². The second kappa shape index (κ2) is 7.50. The van der Waals surface area contributed by atoms with Crippen LogP contribution in [0, 0.1) is 0 Å². The zero-order chi connectivity index (χ0) is 13.4. The summed E-state index contributed by atoms with van der Waals surface area (Å²) in [5.41, 5.74) is 7.00. The number of amides is 1. The molecule has 98 valence electrons. The smallest absolute Gasteiger partial charge is 0.404 e. The first kappa shape index (κ1) is 14.3. The van der Waals surface area contributed by atoms with E-state index in [0.29, 0.717) is 19.6 Å². The van der Waals surface area contributed by atoms with Crippen molar-refractivity contribution in [3.05, 3.63) is 48.0 Å². The number of rotatable bonds is 7. The van der Waals surface area contributed by atoms with Gasteiger partial charge in [0, 0.05) is 6.42 Å². The van der Waals surface area contributed by atoms with Crippen molar-refractivity contribution in [2.24, 2.45) is 5.73 Å². The molecule has 0 heterocycles. The summed E-state index contributed by atoms with van der Waals surface area (Å²) < 4.78 is 10.5. The lowest BCUT2D eigenvalue weighted by atomic mass is 10.1. The summed E-state index contributed by atoms with van der Waals surface area (Å²) in [7, 11) is 0. The average molecular weight is 249 g/mol. The first-order valence-electron chi connectivity index (χ1n) is 5.80. The van der Waals surface area contributed by atoms with E-state index >= 15 is 0 Å². The van der Waals surface area contributed by atoms with Gasteiger partial charge in [0.15, 0.2) is 0 Å². The zero-order valence-electron chi connectivity index (χ0n) is 10.6. The maximum absolute atomic E-state index is 10.7. The Labute approximate surface area is 107 Å². The van der Waals surface area contributed by atoms with E-state index in [1.807, 2.05) is 37.3 Å². The Morgan fingerprint density at radius 1 is 1.39 bits per heavy atom. The van der Waals surface area contributed by atoms with Crippen LogP contribution < -0.4 is 5.73 Å². The molecule has 0 aliphatic heterocycles. The molecule has 0 aromatic heterocycles. The van der Waals surface area contributed by atoms with Gasteiger partial charge in [0.25, 0.3) is 0 Å². The SMILES string of the molecule is C=C(C)CC(COCc1ccccc1)OC(N)=O. The third-order valence-electron chi connectivity index (χ3n) is 2.27. The normalized spacial score (nSPS) is 11.8. The molecule has 0 radical (unpaired) electrons. The number of nitrogens with two attached hydrogens (primary N) is 1. The summed E-state index contributed by atoms with van der Waals surface area (Å²) >= 11 is 0. The summed E-state index contributed by atoms with van der Waals surface area (Å²) in [5, 5.41) is 0. The molecule has 1 aromatic rings. The van der Waals surface area contributed by atoms with Gasteiger partial charge in [0.2, 0.25) is 0 Å². The van der Waals surface area contributed by atoms with Gasteiger partial charge in [0.1, 0.15) is 6.10 Å². The third-order valence-corrected chi connectivity index (χ3v) is 2.27. The van der Waals surface area contributed by atoms with Gasteiger partial charge in [-0.3, -0.25) is 0 Å². The molecule has 4 nitrogen and oxygen atoms in total. The first-order chi connectivity index (χ1) is 8.58. The van der Waals surface area contributed by atoms with Gasteiger partial charge in [-0.25, -0.2) is 4.79 Å². The summed E-state index contributed by atoms with van der Waals surface area (Å²) in [6.45, 7) is 6.44. The Morgan fingerprint density at radius 2 is 2.06 bits per heavy atom. The third kappa shape index (κ3) is 6.06. The predicted octanol–water partition coefficient (Wildman–Crippen LogP) is 2.63. The van der Waals surface area contributed by atoms with E-state index in [9.17, 15) is 4.79 Å². The monoisotopic (exact) mass is 249 g/mol. The van der Waals surface area contributed by atoms with E-state index in [4.69, 9.17) is 15.2 Å². The van der Waals surface area contributed by atoms with Crippen molar-refractivity contribution in [3.63, 3.8) is 0 Å². The van der Waals surface area contributed by atoms with Crippen molar-refractivity contribution in [1.82, 2.24) is 0 Å². The lowest BCUT2D eigenvalue weighted by Crippen LogP contribution is -2.27. The minimum absolute atomic E-state index is 0.310. The molecule has 4 heteroatoms. The summed E-state index contributed by atoms with van der Waals surface area (Å²) in [6, 6.07) is 9.79. The molecule has 0 spiro atoms. The van der Waals surface area contributed by atoms with E-state index in [-0.39, 0.29) is 6.10 Å². The van der Waals surface area contributed by atoms with Crippen LogP contribution in [0.4, 0.5) is 4.79 Å². The number of carbonyl (C=O) groups excluding carboxylic acids is 1. The Bertz CT molecular complexity index is 373. The Kier molecular flexibility index (Phi) is 5.94. The number of benzene rings is 1. The number of primary amides is 1. The standard InChI is InChI=1S/C14H19NO3/c1-11(2)8-13(18-14(15)16)10-17-9-12-6-4-3-5-7-12/h3-7,13H,1,8-10H2,2H3,(H2,15,16). The van der Waals surface area contributed by atoms with Crippen molar-refractivity contribution < 1.29 is 14.3 Å². The highest BCUT2D eigenvalue weighted by atomic mass is 16.6. The van der Waals surface area contributed by atoms with Crippen molar-refractivity contribution in [2.75, 3.05) is 6.61 Å². The number of hydrogen-bond donors (Lipinski definition) is 1. The Balaban J connectivity index is 2.37. The molecule has 18 heavy (non-hydrogen) atoms. The van der Waals surface area contributed by atoms with Crippen LogP contribution in [-0.2, 0) is 16.1 Å². The molecule has 1 aromatic carbocycles. The van der Waals surface area contributed by atoms with Gasteiger partial charge in [0.05, 0.1) is 13.2 Å². The fourth-order valence-electron chi connectivity index (χ4n) is 1.57. The van der Waals surface area contributed by atoms with Gasteiger partial charge in [-0.15, -0.1) is 6.58 Å². The summed E-state index contributed by atoms with van der Waals surface area (Å²) in [5.74, 6) is 0. The predicted molar refractivity (Wildman–Crippen MR) is 70.0 cm³/mol. The molecule has 1 unspecified atom stereocenters. The van der Waals surface area contributed by atoms with Crippen LogP contribution in [0.15, 0.2) is 42.5 Å². The minimum Gasteiger partial charge on any atom is -0.444 e. The van der Waals surface area contributed by atoms with Gasteiger partial charge >= 0.3 is 6.09 Å². The second-order valence-electron chi connectivity index (χ2n) is 4.22. The van der Waals surface area contributed by atoms with E-state index in [2.05, 4.69) is 6.58 Å². The van der Waals surface area contributed by atoms with E-state index in [1.54, 1.807) is 0 Å². The Hall–Kier alpha value is -1.81. The van der Waals surface area contributed by atoms with E-state index in [0.717, 1.165) is 11.1 Å². The van der Waals surface area contributed by atoms with Crippen LogP contribution in [0.1, 0.15) is 18.9 Å². The van der Waals surface area contributed by atoms with Crippen LogP contribution >= 0.6 is 0 Å². The largest absolute Gasteiger partial charge is 0.444 e. The van der Waals surface area contributed by atoms with E-state index < -0.39 is 6.09 Å². The molecular formula is C14H19NO3. The molecule has 0 bridgehead atoms. The molecule has 0 saturated carbocycles. The lowest BCUT2D eigenvalue weighted by molar-refractivity contribution is 0.0171. The maximum atomic E-state index is 10.7. The van der Waals surface area contributed by atoms with Crippen LogP contribution in [0.2, 0.25) is 0 Å². The number of hydrogen-bond acceptors (Lipinski definition) is 3. The van der Waals surface area contributed by atoms with Gasteiger partial charge < -0.3 is 15.2 Å². The van der Waals surface area contributed by atoms with E-state index in [1.165, 1.54) is 0 Å². The quantitative estimate of drug-likeness (QED) is 0.756. The number of carbonyl (C=O) groups is 1. The molecule has 0 fully saturated rings. The van der Waals surface area contributed by atoms with Crippen LogP contribution in [0.3, 0.4) is 0 Å². The van der Waals surface area contributed by atoms with Crippen molar-refractivity contribution >= 4 is 6.09 Å². The topological polar surface area (TPSA) is 61.6 Å². The molecule has 2 N–H and O–H groups in total. The lowest BCUT2D eigenvalue weighted by Gasteiger charge is -2.16. The summed E-state index contributed by atoms with van der Waals surface area (Å²) in [6.07, 6.45) is -0.606. The molecular weight excluding hydrogens is 230 g/mol. The zero-order valence-corrected chi connectivity index (χ0v) is 10.6. The molecule has 0 saturated heterocycles. The second-order valence-corrected chi connectivity index (χ2v) is 4.22.